The average molecular weight is 366 g/mol. The number of aromatic nitrogens is 1. The second-order valence-corrected chi connectivity index (χ2v) is 8.11. The van der Waals surface area contributed by atoms with Crippen molar-refractivity contribution in [2.24, 2.45) is 0 Å². The molecule has 1 saturated heterocycles. The molecular formula is C17H23N3O2S2. The first-order chi connectivity index (χ1) is 11.6. The number of morpholine rings is 1. The zero-order chi connectivity index (χ0) is 16.9. The van der Waals surface area contributed by atoms with Crippen molar-refractivity contribution in [3.05, 3.63) is 33.5 Å². The van der Waals surface area contributed by atoms with Crippen LogP contribution in [0.25, 0.3) is 0 Å². The number of carbonyl (C=O) groups is 1. The van der Waals surface area contributed by atoms with E-state index in [1.807, 2.05) is 16.8 Å². The summed E-state index contributed by atoms with van der Waals surface area (Å²) >= 11 is 3.18. The molecule has 2 atom stereocenters. The van der Waals surface area contributed by atoms with Crippen molar-refractivity contribution in [3.63, 3.8) is 0 Å². The number of anilines is 1. The lowest BCUT2D eigenvalue weighted by molar-refractivity contribution is -0.116. The van der Waals surface area contributed by atoms with Crippen LogP contribution in [0.5, 0.6) is 0 Å². The third kappa shape index (κ3) is 5.11. The summed E-state index contributed by atoms with van der Waals surface area (Å²) < 4.78 is 5.75. The summed E-state index contributed by atoms with van der Waals surface area (Å²) in [6, 6.07) is 4.07. The minimum Gasteiger partial charge on any atom is -0.373 e. The molecule has 3 heterocycles. The number of ether oxygens (including phenoxy) is 1. The van der Waals surface area contributed by atoms with E-state index in [2.05, 4.69) is 35.1 Å². The molecule has 3 rings (SSSR count). The van der Waals surface area contributed by atoms with E-state index in [0.717, 1.165) is 31.7 Å². The number of amides is 1. The Kier molecular flexibility index (Phi) is 5.99. The Bertz CT molecular complexity index is 647. The normalized spacial score (nSPS) is 21.8. The van der Waals surface area contributed by atoms with Gasteiger partial charge in [-0.3, -0.25) is 9.69 Å². The second-order valence-electron chi connectivity index (χ2n) is 6.22. The van der Waals surface area contributed by atoms with Crippen molar-refractivity contribution in [1.29, 1.82) is 0 Å². The number of nitrogens with one attached hydrogen (secondary N) is 1. The van der Waals surface area contributed by atoms with Crippen molar-refractivity contribution >= 4 is 33.7 Å². The molecule has 2 aromatic rings. The van der Waals surface area contributed by atoms with Gasteiger partial charge in [0.15, 0.2) is 5.13 Å². The summed E-state index contributed by atoms with van der Waals surface area (Å²) in [6.07, 6.45) is 1.78. The lowest BCUT2D eigenvalue weighted by Crippen LogP contribution is -2.44. The lowest BCUT2D eigenvalue weighted by Gasteiger charge is -2.34. The number of thiazole rings is 1. The second kappa shape index (κ2) is 8.20. The van der Waals surface area contributed by atoms with Crippen molar-refractivity contribution in [1.82, 2.24) is 9.88 Å². The summed E-state index contributed by atoms with van der Waals surface area (Å²) in [5.41, 5.74) is 1.01. The van der Waals surface area contributed by atoms with Crippen LogP contribution >= 0.6 is 22.7 Å². The molecule has 1 amide bonds. The molecule has 0 saturated carbocycles. The molecule has 24 heavy (non-hydrogen) atoms. The highest BCUT2D eigenvalue weighted by atomic mass is 32.1. The Morgan fingerprint density at radius 1 is 1.38 bits per heavy atom. The molecule has 130 valence electrons. The van der Waals surface area contributed by atoms with Crippen LogP contribution in [0, 0.1) is 0 Å². The van der Waals surface area contributed by atoms with E-state index in [1.165, 1.54) is 16.2 Å². The number of rotatable bonds is 6. The molecule has 1 aliphatic heterocycles. The highest BCUT2D eigenvalue weighted by Crippen LogP contribution is 2.20. The minimum atomic E-state index is 0.0258. The molecule has 0 aromatic carbocycles. The predicted octanol–water partition coefficient (Wildman–Crippen LogP) is 3.39. The van der Waals surface area contributed by atoms with Gasteiger partial charge in [-0.15, -0.1) is 22.7 Å². The number of carbonyl (C=O) groups excluding carboxylic acids is 1. The average Bonchev–Trinajstić information content (AvgIpc) is 3.16. The predicted molar refractivity (Wildman–Crippen MR) is 98.7 cm³/mol. The van der Waals surface area contributed by atoms with Crippen LogP contribution in [-0.4, -0.2) is 41.1 Å². The maximum Gasteiger partial charge on any atom is 0.226 e. The van der Waals surface area contributed by atoms with Crippen LogP contribution < -0.4 is 5.32 Å². The molecule has 7 heteroatoms. The fraction of sp³-hybridized carbons (Fsp3) is 0.529. The smallest absolute Gasteiger partial charge is 0.226 e. The number of aryl methyl sites for hydroxylation is 1. The number of hydrogen-bond acceptors (Lipinski definition) is 6. The largest absolute Gasteiger partial charge is 0.373 e. The van der Waals surface area contributed by atoms with E-state index in [9.17, 15) is 4.79 Å². The number of hydrogen-bond donors (Lipinski definition) is 1. The molecule has 1 aliphatic rings. The van der Waals surface area contributed by atoms with Crippen LogP contribution in [-0.2, 0) is 22.5 Å². The molecule has 0 bridgehead atoms. The van der Waals surface area contributed by atoms with Gasteiger partial charge in [0.05, 0.1) is 17.9 Å². The molecule has 0 aliphatic carbocycles. The van der Waals surface area contributed by atoms with Crippen LogP contribution in [0.3, 0.4) is 0 Å². The van der Waals surface area contributed by atoms with Crippen molar-refractivity contribution < 1.29 is 9.53 Å². The Hall–Kier alpha value is -1.28. The third-order valence-electron chi connectivity index (χ3n) is 3.86. The lowest BCUT2D eigenvalue weighted by atomic mass is 10.2. The summed E-state index contributed by atoms with van der Waals surface area (Å²) in [5.74, 6) is 0.0258. The SMILES string of the molecule is CC1CN(Cc2csc(NC(=O)CCc3cccs3)n2)CC(C)O1. The van der Waals surface area contributed by atoms with Gasteiger partial charge in [0.2, 0.25) is 5.91 Å². The number of thiophene rings is 1. The molecule has 0 radical (unpaired) electrons. The molecule has 2 aromatic heterocycles. The van der Waals surface area contributed by atoms with Gasteiger partial charge in [0.1, 0.15) is 0 Å². The van der Waals surface area contributed by atoms with E-state index < -0.39 is 0 Å². The topological polar surface area (TPSA) is 54.5 Å². The monoisotopic (exact) mass is 365 g/mol. The van der Waals surface area contributed by atoms with E-state index in [0.29, 0.717) is 11.6 Å². The summed E-state index contributed by atoms with van der Waals surface area (Å²) in [4.78, 5) is 20.2. The van der Waals surface area contributed by atoms with E-state index in [1.54, 1.807) is 11.3 Å². The van der Waals surface area contributed by atoms with Crippen LogP contribution in [0.1, 0.15) is 30.8 Å². The summed E-state index contributed by atoms with van der Waals surface area (Å²) in [7, 11) is 0. The molecule has 1 N–H and O–H groups in total. The Balaban J connectivity index is 1.47. The zero-order valence-electron chi connectivity index (χ0n) is 14.0. The van der Waals surface area contributed by atoms with Gasteiger partial charge in [-0.1, -0.05) is 6.07 Å². The first kappa shape index (κ1) is 17.5. The highest BCUT2D eigenvalue weighted by molar-refractivity contribution is 7.14. The quantitative estimate of drug-likeness (QED) is 0.853. The Morgan fingerprint density at radius 3 is 2.88 bits per heavy atom. The first-order valence-electron chi connectivity index (χ1n) is 8.23. The Labute approximate surface area is 150 Å². The molecule has 2 unspecified atom stereocenters. The molecule has 5 nitrogen and oxygen atoms in total. The zero-order valence-corrected chi connectivity index (χ0v) is 15.7. The fourth-order valence-electron chi connectivity index (χ4n) is 2.95. The van der Waals surface area contributed by atoms with Gasteiger partial charge in [-0.2, -0.15) is 0 Å². The maximum absolute atomic E-state index is 12.0. The van der Waals surface area contributed by atoms with Crippen LogP contribution in [0.15, 0.2) is 22.9 Å². The van der Waals surface area contributed by atoms with Gasteiger partial charge < -0.3 is 10.1 Å². The van der Waals surface area contributed by atoms with Crippen LogP contribution in [0.4, 0.5) is 5.13 Å². The third-order valence-corrected chi connectivity index (χ3v) is 5.60. The van der Waals surface area contributed by atoms with Gasteiger partial charge in [0.25, 0.3) is 0 Å². The minimum absolute atomic E-state index is 0.0258. The number of nitrogens with zero attached hydrogens (tertiary/aromatic N) is 2. The van der Waals surface area contributed by atoms with Crippen molar-refractivity contribution in [3.8, 4) is 0 Å². The van der Waals surface area contributed by atoms with E-state index in [4.69, 9.17) is 4.74 Å². The Morgan fingerprint density at radius 2 is 2.17 bits per heavy atom. The molecule has 1 fully saturated rings. The van der Waals surface area contributed by atoms with E-state index >= 15 is 0 Å². The first-order valence-corrected chi connectivity index (χ1v) is 9.99. The van der Waals surface area contributed by atoms with Gasteiger partial charge in [-0.25, -0.2) is 4.98 Å². The standard InChI is InChI=1S/C17H23N3O2S2/c1-12-8-20(9-13(2)22-12)10-14-11-24-17(18-14)19-16(21)6-5-15-4-3-7-23-15/h3-4,7,11-13H,5-6,8-10H2,1-2H3,(H,18,19,21). The molecule has 0 spiro atoms. The van der Waals surface area contributed by atoms with Gasteiger partial charge in [-0.05, 0) is 31.7 Å². The van der Waals surface area contributed by atoms with Crippen molar-refractivity contribution in [2.75, 3.05) is 18.4 Å². The van der Waals surface area contributed by atoms with Crippen LogP contribution in [0.2, 0.25) is 0 Å². The van der Waals surface area contributed by atoms with Crippen molar-refractivity contribution in [2.45, 2.75) is 45.4 Å². The van der Waals surface area contributed by atoms with Gasteiger partial charge >= 0.3 is 0 Å². The highest BCUT2D eigenvalue weighted by Gasteiger charge is 2.22. The van der Waals surface area contributed by atoms with E-state index in [-0.39, 0.29) is 18.1 Å². The summed E-state index contributed by atoms with van der Waals surface area (Å²) in [5, 5.41) is 7.66. The summed E-state index contributed by atoms with van der Waals surface area (Å²) in [6.45, 7) is 6.85. The molecular weight excluding hydrogens is 342 g/mol. The van der Waals surface area contributed by atoms with Gasteiger partial charge in [0, 0.05) is 36.3 Å². The fourth-order valence-corrected chi connectivity index (χ4v) is 4.38. The maximum atomic E-state index is 12.0.